The minimum atomic E-state index is -0.456. The molecule has 2 N–H and O–H groups in total. The molecule has 0 aliphatic carbocycles. The number of benzene rings is 3. The summed E-state index contributed by atoms with van der Waals surface area (Å²) >= 11 is 3.54. The third kappa shape index (κ3) is 3.69. The standard InChI is InChI=1S/C24H25B2BrN2O2/c1-23(2)24(3,4)31-26(30-23)19(16-11-13-18(27)14-12-16)15-25-28-20-9-5-7-17-8-6-10-21(29-25)22(17)20/h5-15,28-29H,1-4H3/b19-15-. The first-order chi connectivity index (χ1) is 14.7. The molecule has 2 heterocycles. The highest BCUT2D eigenvalue weighted by Gasteiger charge is 2.52. The largest absolute Gasteiger partial charge is 0.494 e. The fraction of sp³-hybridized carbons (Fsp3) is 0.250. The van der Waals surface area contributed by atoms with Gasteiger partial charge in [0.1, 0.15) is 0 Å². The van der Waals surface area contributed by atoms with Crippen molar-refractivity contribution in [1.29, 1.82) is 0 Å². The molecule has 0 unspecified atom stereocenters. The molecule has 2 aliphatic heterocycles. The predicted octanol–water partition coefficient (Wildman–Crippen LogP) is 6.18. The lowest BCUT2D eigenvalue weighted by atomic mass is 9.63. The van der Waals surface area contributed by atoms with E-state index in [9.17, 15) is 0 Å². The van der Waals surface area contributed by atoms with E-state index in [0.29, 0.717) is 0 Å². The summed E-state index contributed by atoms with van der Waals surface area (Å²) in [4.78, 5) is 0. The van der Waals surface area contributed by atoms with Crippen molar-refractivity contribution in [2.75, 3.05) is 10.5 Å². The van der Waals surface area contributed by atoms with Gasteiger partial charge in [0.25, 0.3) is 0 Å². The fourth-order valence-electron chi connectivity index (χ4n) is 4.14. The van der Waals surface area contributed by atoms with Crippen molar-refractivity contribution < 1.29 is 9.31 Å². The molecule has 2 aliphatic rings. The molecule has 3 aromatic rings. The van der Waals surface area contributed by atoms with Crippen LogP contribution < -0.4 is 10.5 Å². The van der Waals surface area contributed by atoms with Crippen molar-refractivity contribution in [2.24, 2.45) is 0 Å². The highest BCUT2D eigenvalue weighted by Crippen LogP contribution is 2.41. The van der Waals surface area contributed by atoms with E-state index >= 15 is 0 Å². The van der Waals surface area contributed by atoms with Gasteiger partial charge in [0.2, 0.25) is 0 Å². The number of anilines is 2. The first-order valence-corrected chi connectivity index (χ1v) is 11.4. The molecule has 1 saturated heterocycles. The summed E-state index contributed by atoms with van der Waals surface area (Å²) in [6, 6.07) is 21.0. The second-order valence-corrected chi connectivity index (χ2v) is 10.1. The monoisotopic (exact) mass is 474 g/mol. The van der Waals surface area contributed by atoms with Crippen LogP contribution in [0.1, 0.15) is 33.3 Å². The highest BCUT2D eigenvalue weighted by molar-refractivity contribution is 9.10. The molecular weight excluding hydrogens is 450 g/mol. The number of hydrogen-bond acceptors (Lipinski definition) is 4. The lowest BCUT2D eigenvalue weighted by molar-refractivity contribution is 0.00578. The van der Waals surface area contributed by atoms with Crippen LogP contribution in [-0.4, -0.2) is 25.3 Å². The molecule has 31 heavy (non-hydrogen) atoms. The normalized spacial score (nSPS) is 19.3. The topological polar surface area (TPSA) is 42.5 Å². The maximum absolute atomic E-state index is 6.42. The van der Waals surface area contributed by atoms with Gasteiger partial charge in [0, 0.05) is 21.2 Å². The Labute approximate surface area is 192 Å². The van der Waals surface area contributed by atoms with Crippen LogP contribution in [0.25, 0.3) is 16.2 Å². The Balaban J connectivity index is 1.55. The van der Waals surface area contributed by atoms with Crippen LogP contribution in [0.4, 0.5) is 11.4 Å². The van der Waals surface area contributed by atoms with Crippen LogP contribution in [-0.2, 0) is 9.31 Å². The Kier molecular flexibility index (Phi) is 4.96. The summed E-state index contributed by atoms with van der Waals surface area (Å²) in [6.45, 7) is 8.24. The van der Waals surface area contributed by atoms with Gasteiger partial charge in [-0.15, -0.1) is 0 Å². The molecule has 0 saturated carbocycles. The van der Waals surface area contributed by atoms with Crippen molar-refractivity contribution in [1.82, 2.24) is 0 Å². The number of halogens is 1. The zero-order chi connectivity index (χ0) is 21.8. The van der Waals surface area contributed by atoms with Crippen molar-refractivity contribution >= 4 is 57.7 Å². The molecule has 0 radical (unpaired) electrons. The van der Waals surface area contributed by atoms with Crippen LogP contribution in [0.3, 0.4) is 0 Å². The van der Waals surface area contributed by atoms with Crippen molar-refractivity contribution in [3.8, 4) is 0 Å². The molecule has 0 amide bonds. The second-order valence-electron chi connectivity index (χ2n) is 9.19. The van der Waals surface area contributed by atoms with E-state index in [1.807, 2.05) is 12.1 Å². The van der Waals surface area contributed by atoms with Gasteiger partial charge in [-0.1, -0.05) is 58.3 Å². The molecule has 7 heteroatoms. The van der Waals surface area contributed by atoms with Crippen molar-refractivity contribution in [2.45, 2.75) is 38.9 Å². The third-order valence-electron chi connectivity index (χ3n) is 6.56. The lowest BCUT2D eigenvalue weighted by Crippen LogP contribution is -2.41. The van der Waals surface area contributed by atoms with E-state index in [2.05, 4.69) is 109 Å². The first-order valence-electron chi connectivity index (χ1n) is 10.6. The average molecular weight is 475 g/mol. The SMILES string of the molecule is CC1(C)OB(/C(=C\B2Nc3cccc4cccc(c34)N2)c2ccc(Br)cc2)OC1(C)C. The van der Waals surface area contributed by atoms with Crippen LogP contribution in [0.15, 0.2) is 71.1 Å². The third-order valence-corrected chi connectivity index (χ3v) is 7.09. The summed E-state index contributed by atoms with van der Waals surface area (Å²) in [5.74, 6) is 2.18. The van der Waals surface area contributed by atoms with E-state index in [0.717, 1.165) is 26.9 Å². The minimum Gasteiger partial charge on any atom is -0.405 e. The van der Waals surface area contributed by atoms with Crippen LogP contribution >= 0.6 is 15.9 Å². The maximum atomic E-state index is 6.42. The maximum Gasteiger partial charge on any atom is 0.494 e. The predicted molar refractivity (Wildman–Crippen MR) is 135 cm³/mol. The summed E-state index contributed by atoms with van der Waals surface area (Å²) in [5, 5.41) is 9.70. The molecule has 0 spiro atoms. The fourth-order valence-corrected chi connectivity index (χ4v) is 4.40. The number of nitrogens with one attached hydrogen (secondary N) is 2. The van der Waals surface area contributed by atoms with Gasteiger partial charge in [-0.2, -0.15) is 0 Å². The van der Waals surface area contributed by atoms with Gasteiger partial charge in [-0.05, 0) is 68.4 Å². The Morgan fingerprint density at radius 3 is 1.94 bits per heavy atom. The zero-order valence-electron chi connectivity index (χ0n) is 18.2. The summed E-state index contributed by atoms with van der Waals surface area (Å²) < 4.78 is 13.9. The minimum absolute atomic E-state index is 0.0989. The summed E-state index contributed by atoms with van der Waals surface area (Å²) in [5.41, 5.74) is 3.51. The zero-order valence-corrected chi connectivity index (χ0v) is 19.8. The van der Waals surface area contributed by atoms with Crippen LogP contribution in [0.5, 0.6) is 0 Å². The molecule has 0 atom stereocenters. The Morgan fingerprint density at radius 2 is 1.39 bits per heavy atom. The van der Waals surface area contributed by atoms with Gasteiger partial charge in [0.05, 0.1) is 11.2 Å². The molecule has 5 rings (SSSR count). The van der Waals surface area contributed by atoms with E-state index in [1.165, 1.54) is 10.8 Å². The van der Waals surface area contributed by atoms with E-state index < -0.39 is 18.3 Å². The average Bonchev–Trinajstić information content (AvgIpc) is 2.94. The number of hydrogen-bond donors (Lipinski definition) is 2. The van der Waals surface area contributed by atoms with Crippen molar-refractivity contribution in [3.63, 3.8) is 0 Å². The molecule has 3 aromatic carbocycles. The summed E-state index contributed by atoms with van der Waals surface area (Å²) in [6.07, 6.45) is 0. The van der Waals surface area contributed by atoms with Gasteiger partial charge in [-0.25, -0.2) is 0 Å². The second kappa shape index (κ2) is 7.44. The van der Waals surface area contributed by atoms with Crippen LogP contribution in [0.2, 0.25) is 0 Å². The van der Waals surface area contributed by atoms with E-state index in [4.69, 9.17) is 9.31 Å². The molecule has 0 aromatic heterocycles. The highest BCUT2D eigenvalue weighted by atomic mass is 79.9. The Hall–Kier alpha value is -2.21. The Bertz CT molecular complexity index is 1120. The van der Waals surface area contributed by atoms with E-state index in [1.54, 1.807) is 0 Å². The van der Waals surface area contributed by atoms with Gasteiger partial charge >= 0.3 is 14.1 Å². The van der Waals surface area contributed by atoms with Gasteiger partial charge in [0.15, 0.2) is 0 Å². The molecule has 1 fully saturated rings. The molecule has 0 bridgehead atoms. The quantitative estimate of drug-likeness (QED) is 0.445. The molecule has 4 nitrogen and oxygen atoms in total. The number of rotatable bonds is 3. The molecule has 156 valence electrons. The van der Waals surface area contributed by atoms with Gasteiger partial charge < -0.3 is 19.8 Å². The van der Waals surface area contributed by atoms with Gasteiger partial charge in [-0.3, -0.25) is 0 Å². The van der Waals surface area contributed by atoms with Crippen LogP contribution in [0, 0.1) is 0 Å². The molecular formula is C24H25B2BrN2O2. The lowest BCUT2D eigenvalue weighted by Gasteiger charge is -2.32. The van der Waals surface area contributed by atoms with E-state index in [-0.39, 0.29) is 6.98 Å². The smallest absolute Gasteiger partial charge is 0.405 e. The summed E-state index contributed by atoms with van der Waals surface area (Å²) in [7, 11) is -0.456. The van der Waals surface area contributed by atoms with Crippen molar-refractivity contribution in [3.05, 3.63) is 76.7 Å². The Morgan fingerprint density at radius 1 is 0.839 bits per heavy atom. The first kappa shape index (κ1) is 20.7.